The number of imidazole rings is 1. The second-order valence-corrected chi connectivity index (χ2v) is 8.40. The van der Waals surface area contributed by atoms with E-state index in [0.717, 1.165) is 31.6 Å². The van der Waals surface area contributed by atoms with Crippen molar-refractivity contribution in [3.05, 3.63) is 80.8 Å². The highest BCUT2D eigenvalue weighted by Crippen LogP contribution is 2.30. The first-order chi connectivity index (χ1) is 18.0. The van der Waals surface area contributed by atoms with E-state index in [4.69, 9.17) is 9.57 Å². The number of methoxy groups -OCH3 is 1. The van der Waals surface area contributed by atoms with Gasteiger partial charge in [0.05, 0.1) is 0 Å². The number of aromatic nitrogens is 8. The van der Waals surface area contributed by atoms with E-state index in [-0.39, 0.29) is 11.2 Å². The number of aryl methyl sites for hydroxylation is 1. The Kier molecular flexibility index (Phi) is 6.40. The van der Waals surface area contributed by atoms with E-state index >= 15 is 0 Å². The first-order valence-electron chi connectivity index (χ1n) is 11.7. The summed E-state index contributed by atoms with van der Waals surface area (Å²) in [4.78, 5) is 36.3. The summed E-state index contributed by atoms with van der Waals surface area (Å²) < 4.78 is 9.16. The average molecular weight is 503 g/mol. The first-order valence-corrected chi connectivity index (χ1v) is 11.7. The zero-order valence-electron chi connectivity index (χ0n) is 20.9. The van der Waals surface area contributed by atoms with E-state index < -0.39 is 17.5 Å². The monoisotopic (exact) mass is 502 g/mol. The summed E-state index contributed by atoms with van der Waals surface area (Å²) in [5, 5.41) is 14.2. The molecular formula is C25H26N8O4. The quantitative estimate of drug-likeness (QED) is 0.341. The van der Waals surface area contributed by atoms with E-state index in [9.17, 15) is 9.59 Å². The number of benzene rings is 2. The SMILES string of the molecule is CCc1nc2c(c(=O)n(C(C)OC)c(=O)n2OC)n1Cc1ccc(-c2ccccc2-c2nnn[nH]2)cc1. The van der Waals surface area contributed by atoms with Crippen LogP contribution in [0.15, 0.2) is 58.1 Å². The lowest BCUT2D eigenvalue weighted by Gasteiger charge is -2.15. The highest BCUT2D eigenvalue weighted by molar-refractivity contribution is 5.80. The van der Waals surface area contributed by atoms with Crippen LogP contribution in [0.2, 0.25) is 0 Å². The van der Waals surface area contributed by atoms with Gasteiger partial charge < -0.3 is 14.1 Å². The molecule has 1 unspecified atom stereocenters. The average Bonchev–Trinajstić information content (AvgIpc) is 3.58. The van der Waals surface area contributed by atoms with Crippen molar-refractivity contribution >= 4 is 11.2 Å². The predicted molar refractivity (Wildman–Crippen MR) is 136 cm³/mol. The van der Waals surface area contributed by atoms with Crippen LogP contribution in [0.25, 0.3) is 33.7 Å². The Balaban J connectivity index is 1.59. The largest absolute Gasteiger partial charge is 0.411 e. The molecule has 0 saturated heterocycles. The van der Waals surface area contributed by atoms with Gasteiger partial charge in [-0.25, -0.2) is 19.4 Å². The fraction of sp³-hybridized carbons (Fsp3) is 0.280. The van der Waals surface area contributed by atoms with Crippen LogP contribution in [0, 0.1) is 0 Å². The molecule has 0 amide bonds. The second kappa shape index (κ2) is 9.82. The lowest BCUT2D eigenvalue weighted by atomic mass is 9.98. The molecule has 5 aromatic rings. The molecule has 0 aliphatic carbocycles. The number of hydrogen-bond donors (Lipinski definition) is 1. The molecule has 3 aromatic heterocycles. The molecule has 12 nitrogen and oxygen atoms in total. The van der Waals surface area contributed by atoms with Crippen molar-refractivity contribution in [2.75, 3.05) is 14.2 Å². The van der Waals surface area contributed by atoms with Gasteiger partial charge >= 0.3 is 5.69 Å². The first kappa shape index (κ1) is 24.1. The van der Waals surface area contributed by atoms with Crippen LogP contribution < -0.4 is 16.1 Å². The maximum atomic E-state index is 13.5. The van der Waals surface area contributed by atoms with Crippen molar-refractivity contribution in [2.24, 2.45) is 0 Å². The molecule has 5 rings (SSSR count). The highest BCUT2D eigenvalue weighted by atomic mass is 16.7. The third-order valence-corrected chi connectivity index (χ3v) is 6.36. The summed E-state index contributed by atoms with van der Waals surface area (Å²) in [6.07, 6.45) is -0.221. The van der Waals surface area contributed by atoms with E-state index in [0.29, 0.717) is 24.6 Å². The normalized spacial score (nSPS) is 12.2. The molecule has 0 aliphatic heterocycles. The topological polar surface area (TPSA) is 135 Å². The van der Waals surface area contributed by atoms with Crippen LogP contribution >= 0.6 is 0 Å². The summed E-state index contributed by atoms with van der Waals surface area (Å²) >= 11 is 0. The van der Waals surface area contributed by atoms with Crippen molar-refractivity contribution in [2.45, 2.75) is 33.0 Å². The third-order valence-electron chi connectivity index (χ3n) is 6.36. The number of aromatic amines is 1. The molecular weight excluding hydrogens is 476 g/mol. The zero-order chi connectivity index (χ0) is 26.1. The van der Waals surface area contributed by atoms with Crippen LogP contribution in [0.3, 0.4) is 0 Å². The van der Waals surface area contributed by atoms with Gasteiger partial charge in [0.1, 0.15) is 19.2 Å². The molecule has 0 saturated carbocycles. The van der Waals surface area contributed by atoms with Gasteiger partial charge in [-0.15, -0.1) is 9.83 Å². The number of nitrogens with one attached hydrogen (secondary N) is 1. The molecule has 1 N–H and O–H groups in total. The van der Waals surface area contributed by atoms with Gasteiger partial charge in [-0.05, 0) is 34.0 Å². The Morgan fingerprint density at radius 2 is 1.76 bits per heavy atom. The number of tetrazole rings is 1. The minimum Gasteiger partial charge on any atom is -0.411 e. The number of rotatable bonds is 8. The number of nitrogens with zero attached hydrogens (tertiary/aromatic N) is 7. The summed E-state index contributed by atoms with van der Waals surface area (Å²) in [6, 6.07) is 15.9. The van der Waals surface area contributed by atoms with Crippen molar-refractivity contribution < 1.29 is 9.57 Å². The Labute approximate surface area is 211 Å². The standard InChI is InChI=1S/C25H26N8O4/c1-5-20-26-23-21(24(34)32(15(2)36-3)25(35)33(23)37-4)31(20)14-16-10-12-17(13-11-16)18-8-6-7-9-19(18)22-27-29-30-28-22/h6-13,15H,5,14H2,1-4H3,(H,27,28,29,30). The molecule has 3 heterocycles. The molecule has 2 aromatic carbocycles. The van der Waals surface area contributed by atoms with E-state index in [1.165, 1.54) is 14.2 Å². The van der Waals surface area contributed by atoms with Gasteiger partial charge in [-0.2, -0.15) is 0 Å². The van der Waals surface area contributed by atoms with Gasteiger partial charge in [-0.3, -0.25) is 4.79 Å². The molecule has 37 heavy (non-hydrogen) atoms. The Hall–Kier alpha value is -4.58. The van der Waals surface area contributed by atoms with Crippen molar-refractivity contribution in [1.29, 1.82) is 0 Å². The summed E-state index contributed by atoms with van der Waals surface area (Å²) in [5.41, 5.74) is 3.14. The van der Waals surface area contributed by atoms with Gasteiger partial charge in [0, 0.05) is 25.6 Å². The van der Waals surface area contributed by atoms with E-state index in [2.05, 4.69) is 25.6 Å². The minimum atomic E-state index is -0.779. The Bertz CT molecular complexity index is 1670. The highest BCUT2D eigenvalue weighted by Gasteiger charge is 2.24. The molecule has 0 radical (unpaired) electrons. The fourth-order valence-corrected chi connectivity index (χ4v) is 4.45. The molecule has 12 heteroatoms. The predicted octanol–water partition coefficient (Wildman–Crippen LogP) is 2.04. The molecule has 1 atom stereocenters. The lowest BCUT2D eigenvalue weighted by molar-refractivity contribution is 0.0456. The summed E-state index contributed by atoms with van der Waals surface area (Å²) in [6.45, 7) is 3.95. The Morgan fingerprint density at radius 3 is 2.38 bits per heavy atom. The zero-order valence-corrected chi connectivity index (χ0v) is 20.9. The van der Waals surface area contributed by atoms with Crippen molar-refractivity contribution in [3.8, 4) is 22.5 Å². The second-order valence-electron chi connectivity index (χ2n) is 8.40. The number of H-pyrrole nitrogens is 1. The van der Waals surface area contributed by atoms with Crippen LogP contribution in [0.4, 0.5) is 0 Å². The molecule has 190 valence electrons. The van der Waals surface area contributed by atoms with Gasteiger partial charge in [-0.1, -0.05) is 55.5 Å². The maximum Gasteiger partial charge on any atom is 0.368 e. The van der Waals surface area contributed by atoms with Crippen LogP contribution in [0.1, 0.15) is 31.5 Å². The van der Waals surface area contributed by atoms with Gasteiger partial charge in [0.15, 0.2) is 11.3 Å². The third kappa shape index (κ3) is 4.10. The fourth-order valence-electron chi connectivity index (χ4n) is 4.45. The summed E-state index contributed by atoms with van der Waals surface area (Å²) in [7, 11) is 2.80. The van der Waals surface area contributed by atoms with Gasteiger partial charge in [0.2, 0.25) is 5.65 Å². The molecule has 0 spiro atoms. The van der Waals surface area contributed by atoms with Crippen molar-refractivity contribution in [1.82, 2.24) is 39.5 Å². The number of fused-ring (bicyclic) bond motifs is 1. The number of hydrogen-bond acceptors (Lipinski definition) is 8. The lowest BCUT2D eigenvalue weighted by Crippen LogP contribution is -2.44. The van der Waals surface area contributed by atoms with Crippen molar-refractivity contribution in [3.63, 3.8) is 0 Å². The van der Waals surface area contributed by atoms with Crippen LogP contribution in [-0.2, 0) is 17.7 Å². The van der Waals surface area contributed by atoms with E-state index in [1.54, 1.807) is 6.92 Å². The smallest absolute Gasteiger partial charge is 0.368 e. The summed E-state index contributed by atoms with van der Waals surface area (Å²) in [5.74, 6) is 1.25. The number of ether oxygens (including phenoxy) is 1. The van der Waals surface area contributed by atoms with Crippen LogP contribution in [-0.4, -0.2) is 53.7 Å². The van der Waals surface area contributed by atoms with E-state index in [1.807, 2.05) is 60.0 Å². The molecule has 0 aliphatic rings. The Morgan fingerprint density at radius 1 is 1.03 bits per heavy atom. The van der Waals surface area contributed by atoms with Gasteiger partial charge in [0.25, 0.3) is 5.56 Å². The maximum absolute atomic E-state index is 13.5. The minimum absolute atomic E-state index is 0.181. The van der Waals surface area contributed by atoms with Crippen LogP contribution in [0.5, 0.6) is 0 Å². The molecule has 0 bridgehead atoms. The molecule has 0 fully saturated rings.